The number of aliphatic imine (C=N–C) groups is 1. The fourth-order valence-electron chi connectivity index (χ4n) is 1.83. The van der Waals surface area contributed by atoms with E-state index in [1.54, 1.807) is 0 Å². The number of rotatable bonds is 6. The van der Waals surface area contributed by atoms with E-state index in [1.165, 1.54) is 0 Å². The van der Waals surface area contributed by atoms with Crippen molar-refractivity contribution in [1.29, 1.82) is 0 Å². The zero-order valence-electron chi connectivity index (χ0n) is 12.1. The Morgan fingerprint density at radius 2 is 1.70 bits per heavy atom. The summed E-state index contributed by atoms with van der Waals surface area (Å²) in [5.74, 6) is 1.32. The zero-order valence-corrected chi connectivity index (χ0v) is 18.6. The monoisotopic (exact) mass is 644 g/mol. The van der Waals surface area contributed by atoms with E-state index in [4.69, 9.17) is 10.5 Å². The van der Waals surface area contributed by atoms with Crippen molar-refractivity contribution in [2.45, 2.75) is 6.17 Å². The standard InChI is InChI=1S/C17H15I3N2O/c18-17(19,20)23-15-9-5-4-8-14(15)12-22-16(21)11-10-13-6-2-1-3-7-13/h1-11H,12H2,(H2,21,22)/b11-10+. The minimum Gasteiger partial charge on any atom is -0.459 e. The SMILES string of the molecule is NC(/C=C/c1ccccc1)=NCc1ccccc1OC(I)(I)I. The maximum absolute atomic E-state index is 5.96. The van der Waals surface area contributed by atoms with Gasteiger partial charge in [-0.3, -0.25) is 4.99 Å². The highest BCUT2D eigenvalue weighted by Crippen LogP contribution is 2.38. The van der Waals surface area contributed by atoms with Gasteiger partial charge in [-0.2, -0.15) is 0 Å². The Morgan fingerprint density at radius 1 is 1.04 bits per heavy atom. The van der Waals surface area contributed by atoms with E-state index in [1.807, 2.05) is 66.7 Å². The summed E-state index contributed by atoms with van der Waals surface area (Å²) < 4.78 is 5.60. The van der Waals surface area contributed by atoms with Crippen LogP contribution >= 0.6 is 67.8 Å². The second-order valence-electron chi connectivity index (χ2n) is 4.64. The molecule has 23 heavy (non-hydrogen) atoms. The highest BCUT2D eigenvalue weighted by Gasteiger charge is 2.20. The molecule has 0 bridgehead atoms. The van der Waals surface area contributed by atoms with Crippen LogP contribution in [0.25, 0.3) is 6.08 Å². The summed E-state index contributed by atoms with van der Waals surface area (Å²) in [7, 11) is 0. The number of nitrogens with zero attached hydrogens (tertiary/aromatic N) is 1. The van der Waals surface area contributed by atoms with Crippen molar-refractivity contribution in [2.24, 2.45) is 10.7 Å². The average Bonchev–Trinajstić information content (AvgIpc) is 2.51. The van der Waals surface area contributed by atoms with Crippen LogP contribution in [0.5, 0.6) is 5.75 Å². The van der Waals surface area contributed by atoms with Gasteiger partial charge >= 0.3 is 0 Å². The first kappa shape index (κ1) is 19.0. The van der Waals surface area contributed by atoms with Gasteiger partial charge in [-0.15, -0.1) is 0 Å². The predicted molar refractivity (Wildman–Crippen MR) is 123 cm³/mol. The van der Waals surface area contributed by atoms with Crippen molar-refractivity contribution in [3.05, 3.63) is 71.8 Å². The fourth-order valence-corrected chi connectivity index (χ4v) is 2.55. The summed E-state index contributed by atoms with van der Waals surface area (Å²) in [5.41, 5.74) is 8.07. The topological polar surface area (TPSA) is 47.6 Å². The molecule has 3 nitrogen and oxygen atoms in total. The van der Waals surface area contributed by atoms with E-state index in [0.717, 1.165) is 16.9 Å². The van der Waals surface area contributed by atoms with Crippen molar-refractivity contribution < 1.29 is 4.74 Å². The molecule has 2 N–H and O–H groups in total. The number of benzene rings is 2. The van der Waals surface area contributed by atoms with E-state index in [9.17, 15) is 0 Å². The van der Waals surface area contributed by atoms with Crippen molar-refractivity contribution >= 4 is 79.7 Å². The van der Waals surface area contributed by atoms with Gasteiger partial charge in [0.25, 0.3) is -0.379 Å². The molecule has 0 aromatic heterocycles. The number of hydrogen-bond donors (Lipinski definition) is 1. The number of nitrogens with two attached hydrogens (primary N) is 1. The molecule has 2 rings (SSSR count). The molecular weight excluding hydrogens is 629 g/mol. The summed E-state index contributed by atoms with van der Waals surface area (Å²) in [6.07, 6.45) is 3.77. The largest absolute Gasteiger partial charge is 0.459 e. The predicted octanol–water partition coefficient (Wildman–Crippen LogP) is 5.55. The van der Waals surface area contributed by atoms with Gasteiger partial charge in [0.2, 0.25) is 0 Å². The number of halogens is 3. The van der Waals surface area contributed by atoms with Gasteiger partial charge in [-0.05, 0) is 85.5 Å². The summed E-state index contributed by atoms with van der Waals surface area (Å²) in [6.45, 7) is 0.487. The van der Waals surface area contributed by atoms with Crippen molar-refractivity contribution in [3.8, 4) is 5.75 Å². The fraction of sp³-hybridized carbons (Fsp3) is 0.118. The van der Waals surface area contributed by atoms with Crippen LogP contribution in [0.3, 0.4) is 0 Å². The average molecular weight is 644 g/mol. The lowest BCUT2D eigenvalue weighted by Crippen LogP contribution is -2.12. The van der Waals surface area contributed by atoms with Crippen LogP contribution in [-0.4, -0.2) is 5.46 Å². The second kappa shape index (κ2) is 9.21. The Kier molecular flexibility index (Phi) is 7.60. The number of alkyl halides is 3. The van der Waals surface area contributed by atoms with Gasteiger partial charge in [0.05, 0.1) is 6.54 Å². The van der Waals surface area contributed by atoms with E-state index in [0.29, 0.717) is 12.4 Å². The molecule has 0 aliphatic carbocycles. The molecule has 0 radical (unpaired) electrons. The van der Waals surface area contributed by atoms with Crippen molar-refractivity contribution in [3.63, 3.8) is 0 Å². The van der Waals surface area contributed by atoms with Crippen LogP contribution in [-0.2, 0) is 6.54 Å². The first-order valence-corrected chi connectivity index (χ1v) is 10.0. The Labute approximate surface area is 177 Å². The molecule has 0 aliphatic heterocycles. The third-order valence-corrected chi connectivity index (χ3v) is 3.54. The quantitative estimate of drug-likeness (QED) is 0.194. The molecule has 2 aromatic carbocycles. The molecule has 120 valence electrons. The lowest BCUT2D eigenvalue weighted by atomic mass is 10.2. The lowest BCUT2D eigenvalue weighted by Gasteiger charge is -2.17. The van der Waals surface area contributed by atoms with Crippen LogP contribution in [0.15, 0.2) is 65.7 Å². The minimum atomic E-state index is -0.328. The number of para-hydroxylation sites is 1. The maximum Gasteiger partial charge on any atom is 0.258 e. The van der Waals surface area contributed by atoms with E-state index >= 15 is 0 Å². The molecule has 0 spiro atoms. The van der Waals surface area contributed by atoms with Crippen LogP contribution in [0.1, 0.15) is 11.1 Å². The Balaban J connectivity index is 2.06. The summed E-state index contributed by atoms with van der Waals surface area (Å²) in [6, 6.07) is 17.9. The smallest absolute Gasteiger partial charge is 0.258 e. The van der Waals surface area contributed by atoms with Gasteiger partial charge < -0.3 is 10.5 Å². The number of ether oxygens (including phenoxy) is 1. The third-order valence-electron chi connectivity index (χ3n) is 2.88. The molecule has 6 heteroatoms. The van der Waals surface area contributed by atoms with Crippen LogP contribution in [0.4, 0.5) is 0 Å². The Bertz CT molecular complexity index is 694. The van der Waals surface area contributed by atoms with Crippen LogP contribution in [0.2, 0.25) is 0 Å². The first-order chi connectivity index (χ1) is 10.9. The molecular formula is C17H15I3N2O. The van der Waals surface area contributed by atoms with Crippen LogP contribution < -0.4 is 10.5 Å². The molecule has 0 heterocycles. The van der Waals surface area contributed by atoms with Gasteiger partial charge in [0, 0.05) is 5.56 Å². The molecule has 0 aliphatic rings. The molecule has 0 fully saturated rings. The summed E-state index contributed by atoms with van der Waals surface area (Å²) in [5, 5.41) is 0. The highest BCUT2D eigenvalue weighted by atomic mass is 127. The molecule has 0 unspecified atom stereocenters. The molecule has 0 atom stereocenters. The minimum absolute atomic E-state index is 0.328. The molecule has 0 saturated heterocycles. The van der Waals surface area contributed by atoms with Gasteiger partial charge in [-0.1, -0.05) is 54.6 Å². The summed E-state index contributed by atoms with van der Waals surface area (Å²) >= 11 is 6.71. The number of hydrogen-bond acceptors (Lipinski definition) is 2. The molecule has 0 amide bonds. The zero-order chi connectivity index (χ0) is 16.7. The summed E-state index contributed by atoms with van der Waals surface area (Å²) in [4.78, 5) is 4.42. The third kappa shape index (κ3) is 7.38. The maximum atomic E-state index is 5.96. The Hall–Kier alpha value is -0.360. The first-order valence-electron chi connectivity index (χ1n) is 6.81. The van der Waals surface area contributed by atoms with Crippen molar-refractivity contribution in [2.75, 3.05) is 0 Å². The number of amidine groups is 1. The second-order valence-corrected chi connectivity index (χ2v) is 15.4. The van der Waals surface area contributed by atoms with E-state index < -0.39 is 0 Å². The van der Waals surface area contributed by atoms with E-state index in [-0.39, 0.29) is -0.379 Å². The molecule has 2 aromatic rings. The van der Waals surface area contributed by atoms with Gasteiger partial charge in [-0.25, -0.2) is 0 Å². The normalized spacial score (nSPS) is 12.6. The van der Waals surface area contributed by atoms with Gasteiger partial charge in [0.15, 0.2) is 0 Å². The Morgan fingerprint density at radius 3 is 2.39 bits per heavy atom. The van der Waals surface area contributed by atoms with Crippen LogP contribution in [0, 0.1) is 0 Å². The van der Waals surface area contributed by atoms with Crippen molar-refractivity contribution in [1.82, 2.24) is 0 Å². The van der Waals surface area contributed by atoms with Gasteiger partial charge in [0.1, 0.15) is 11.6 Å². The lowest BCUT2D eigenvalue weighted by molar-refractivity contribution is 0.374. The molecule has 0 saturated carbocycles. The van der Waals surface area contributed by atoms with E-state index in [2.05, 4.69) is 72.8 Å². The highest BCUT2D eigenvalue weighted by molar-refractivity contribution is 14.3.